The van der Waals surface area contributed by atoms with E-state index in [1.54, 1.807) is 5.48 Å². The van der Waals surface area contributed by atoms with Gasteiger partial charge in [-0.2, -0.15) is 0 Å². The van der Waals surface area contributed by atoms with Crippen molar-refractivity contribution in [1.29, 1.82) is 0 Å². The molecule has 0 aliphatic carbocycles. The second kappa shape index (κ2) is 10.7. The van der Waals surface area contributed by atoms with Gasteiger partial charge < -0.3 is 0 Å². The Kier molecular flexibility index (Phi) is 7.72. The third kappa shape index (κ3) is 5.46. The average Bonchev–Trinajstić information content (AvgIpc) is 2.82. The maximum Gasteiger partial charge on any atom is 0.274 e. The quantitative estimate of drug-likeness (QED) is 0.362. The van der Waals surface area contributed by atoms with Crippen LogP contribution in [0.25, 0.3) is 10.8 Å². The van der Waals surface area contributed by atoms with Crippen molar-refractivity contribution < 1.29 is 19.6 Å². The van der Waals surface area contributed by atoms with Crippen molar-refractivity contribution in [3.05, 3.63) is 82.9 Å². The van der Waals surface area contributed by atoms with E-state index in [2.05, 4.69) is 42.4 Å². The second-order valence-electron chi connectivity index (χ2n) is 7.13. The van der Waals surface area contributed by atoms with Crippen molar-refractivity contribution in [1.82, 2.24) is 15.9 Å². The third-order valence-corrected chi connectivity index (χ3v) is 5.30. The molecule has 0 saturated carbocycles. The topological polar surface area (TPSA) is 90.9 Å². The molecule has 162 valence electrons. The molecule has 0 heterocycles. The zero-order valence-corrected chi connectivity index (χ0v) is 17.7. The average molecular weight is 421 g/mol. The highest BCUT2D eigenvalue weighted by Gasteiger charge is 2.11. The van der Waals surface area contributed by atoms with E-state index >= 15 is 0 Å². The maximum absolute atomic E-state index is 12.3. The number of carbonyl (C=O) groups is 2. The van der Waals surface area contributed by atoms with Gasteiger partial charge in [0.05, 0.1) is 0 Å². The van der Waals surface area contributed by atoms with E-state index in [4.69, 9.17) is 10.0 Å². The maximum atomic E-state index is 12.3. The summed E-state index contributed by atoms with van der Waals surface area (Å²) in [6.45, 7) is 7.41. The van der Waals surface area contributed by atoms with Crippen LogP contribution in [-0.4, -0.2) is 35.0 Å². The van der Waals surface area contributed by atoms with Gasteiger partial charge in [-0.05, 0) is 59.3 Å². The molecule has 0 aromatic heterocycles. The van der Waals surface area contributed by atoms with Crippen LogP contribution >= 0.6 is 0 Å². The number of nitrogens with zero attached hydrogens (tertiary/aromatic N) is 1. The van der Waals surface area contributed by atoms with E-state index in [0.29, 0.717) is 5.56 Å². The molecule has 0 radical (unpaired) electrons. The molecule has 0 bridgehead atoms. The summed E-state index contributed by atoms with van der Waals surface area (Å²) >= 11 is 0. The van der Waals surface area contributed by atoms with E-state index in [-0.39, 0.29) is 12.2 Å². The van der Waals surface area contributed by atoms with Gasteiger partial charge in [0.15, 0.2) is 0 Å². The Morgan fingerprint density at radius 1 is 0.839 bits per heavy atom. The van der Waals surface area contributed by atoms with Crippen LogP contribution in [-0.2, 0) is 18.0 Å². The summed E-state index contributed by atoms with van der Waals surface area (Å²) in [5, 5.41) is 10.9. The van der Waals surface area contributed by atoms with Crippen LogP contribution in [0, 0.1) is 0 Å². The van der Waals surface area contributed by atoms with Gasteiger partial charge in [-0.1, -0.05) is 50.2 Å². The van der Waals surface area contributed by atoms with Gasteiger partial charge in [0.2, 0.25) is 0 Å². The molecule has 7 nitrogen and oxygen atoms in total. The summed E-state index contributed by atoms with van der Waals surface area (Å²) < 4.78 is 0. The standard InChI is InChI=1S/C24H27N3O4/c1-3-27(4-2)15-19-13-14-20(22-8-6-5-7-21(19)22)16-31-26-24(29)18-11-9-17(10-12-18)23(28)25-30/h5-14,30H,3-4,15-16H2,1-2H3,(H,25,28)(H,26,29). The second-order valence-corrected chi connectivity index (χ2v) is 7.13. The smallest absolute Gasteiger partial charge is 0.274 e. The van der Waals surface area contributed by atoms with Crippen LogP contribution in [0.3, 0.4) is 0 Å². The van der Waals surface area contributed by atoms with Crippen LogP contribution in [0.2, 0.25) is 0 Å². The number of amides is 2. The Bertz CT molecular complexity index is 1050. The number of hydrogen-bond acceptors (Lipinski definition) is 5. The molecule has 7 heteroatoms. The molecular weight excluding hydrogens is 394 g/mol. The highest BCUT2D eigenvalue weighted by atomic mass is 16.6. The normalized spacial score (nSPS) is 11.0. The summed E-state index contributed by atoms with van der Waals surface area (Å²) in [4.78, 5) is 31.5. The number of fused-ring (bicyclic) bond motifs is 1. The fraction of sp³-hybridized carbons (Fsp3) is 0.250. The van der Waals surface area contributed by atoms with Crippen molar-refractivity contribution in [3.8, 4) is 0 Å². The predicted molar refractivity (Wildman–Crippen MR) is 119 cm³/mol. The van der Waals surface area contributed by atoms with E-state index in [9.17, 15) is 9.59 Å². The summed E-state index contributed by atoms with van der Waals surface area (Å²) in [6, 6.07) is 18.2. The largest absolute Gasteiger partial charge is 0.300 e. The summed E-state index contributed by atoms with van der Waals surface area (Å²) in [7, 11) is 0. The van der Waals surface area contributed by atoms with Crippen molar-refractivity contribution >= 4 is 22.6 Å². The van der Waals surface area contributed by atoms with E-state index in [1.165, 1.54) is 35.2 Å². The highest BCUT2D eigenvalue weighted by Crippen LogP contribution is 2.24. The van der Waals surface area contributed by atoms with Gasteiger partial charge in [-0.15, -0.1) is 0 Å². The van der Waals surface area contributed by atoms with Gasteiger partial charge in [0.1, 0.15) is 6.61 Å². The molecule has 0 aliphatic rings. The van der Waals surface area contributed by atoms with E-state index < -0.39 is 11.8 Å². The number of carbonyl (C=O) groups excluding carboxylic acids is 2. The predicted octanol–water partition coefficient (Wildman–Crippen LogP) is 3.66. The fourth-order valence-electron chi connectivity index (χ4n) is 3.45. The monoisotopic (exact) mass is 421 g/mol. The molecule has 0 atom stereocenters. The van der Waals surface area contributed by atoms with Crippen LogP contribution in [0.1, 0.15) is 45.7 Å². The Morgan fingerprint density at radius 2 is 1.39 bits per heavy atom. The first-order valence-corrected chi connectivity index (χ1v) is 10.3. The number of nitrogens with one attached hydrogen (secondary N) is 2. The molecule has 2 amide bonds. The molecule has 0 spiro atoms. The minimum absolute atomic E-state index is 0.225. The van der Waals surface area contributed by atoms with Crippen molar-refractivity contribution in [2.24, 2.45) is 0 Å². The van der Waals surface area contributed by atoms with Gasteiger partial charge >= 0.3 is 0 Å². The van der Waals surface area contributed by atoms with E-state index in [1.807, 2.05) is 18.2 Å². The SMILES string of the molecule is CCN(CC)Cc1ccc(CONC(=O)c2ccc(C(=O)NO)cc2)c2ccccc12. The minimum atomic E-state index is -0.639. The zero-order chi connectivity index (χ0) is 22.2. The third-order valence-electron chi connectivity index (χ3n) is 5.30. The zero-order valence-electron chi connectivity index (χ0n) is 17.7. The molecule has 0 unspecified atom stereocenters. The molecule has 31 heavy (non-hydrogen) atoms. The van der Waals surface area contributed by atoms with Gasteiger partial charge in [0, 0.05) is 17.7 Å². The van der Waals surface area contributed by atoms with Gasteiger partial charge in [0.25, 0.3) is 11.8 Å². The molecule has 0 aliphatic heterocycles. The lowest BCUT2D eigenvalue weighted by atomic mass is 9.99. The molecule has 3 aromatic carbocycles. The first kappa shape index (κ1) is 22.4. The Morgan fingerprint density at radius 3 is 1.97 bits per heavy atom. The summed E-state index contributed by atoms with van der Waals surface area (Å²) in [6.07, 6.45) is 0. The summed E-state index contributed by atoms with van der Waals surface area (Å²) in [5.41, 5.74) is 6.83. The number of hydrogen-bond donors (Lipinski definition) is 3. The molecular formula is C24H27N3O4. The highest BCUT2D eigenvalue weighted by molar-refractivity contribution is 5.97. The first-order chi connectivity index (χ1) is 15.1. The van der Waals surface area contributed by atoms with Crippen molar-refractivity contribution in [2.75, 3.05) is 13.1 Å². The Labute approximate surface area is 181 Å². The Balaban J connectivity index is 1.67. The van der Waals surface area contributed by atoms with Crippen molar-refractivity contribution in [2.45, 2.75) is 27.0 Å². The lowest BCUT2D eigenvalue weighted by Crippen LogP contribution is -2.24. The van der Waals surface area contributed by atoms with Crippen LogP contribution in [0.15, 0.2) is 60.7 Å². The lowest BCUT2D eigenvalue weighted by Gasteiger charge is -2.20. The molecule has 3 aromatic rings. The fourth-order valence-corrected chi connectivity index (χ4v) is 3.45. The first-order valence-electron chi connectivity index (χ1n) is 10.3. The summed E-state index contributed by atoms with van der Waals surface area (Å²) in [5.74, 6) is -1.06. The Hall–Kier alpha value is -3.26. The number of rotatable bonds is 9. The minimum Gasteiger partial charge on any atom is -0.300 e. The number of benzene rings is 3. The van der Waals surface area contributed by atoms with Crippen LogP contribution < -0.4 is 11.0 Å². The van der Waals surface area contributed by atoms with Gasteiger partial charge in [-0.25, -0.2) is 11.0 Å². The van der Waals surface area contributed by atoms with Crippen LogP contribution in [0.5, 0.6) is 0 Å². The van der Waals surface area contributed by atoms with E-state index in [0.717, 1.165) is 30.6 Å². The van der Waals surface area contributed by atoms with Crippen LogP contribution in [0.4, 0.5) is 0 Å². The van der Waals surface area contributed by atoms with Crippen molar-refractivity contribution in [3.63, 3.8) is 0 Å². The molecule has 3 rings (SSSR count). The molecule has 0 fully saturated rings. The number of hydroxylamine groups is 2. The molecule has 3 N–H and O–H groups in total. The lowest BCUT2D eigenvalue weighted by molar-refractivity contribution is 0.0237. The van der Waals surface area contributed by atoms with Gasteiger partial charge in [-0.3, -0.25) is 24.5 Å². The molecule has 0 saturated heterocycles.